The van der Waals surface area contributed by atoms with Gasteiger partial charge in [-0.15, -0.1) is 11.3 Å². The lowest BCUT2D eigenvalue weighted by Crippen LogP contribution is -2.59. The highest BCUT2D eigenvalue weighted by Gasteiger charge is 2.45. The van der Waals surface area contributed by atoms with Crippen molar-refractivity contribution in [1.82, 2.24) is 5.32 Å². The molecule has 1 fully saturated rings. The minimum atomic E-state index is -0.983. The summed E-state index contributed by atoms with van der Waals surface area (Å²) >= 11 is 5.06. The number of carboxylic acid groups (broad SMARTS) is 1. The van der Waals surface area contributed by atoms with Crippen LogP contribution in [0.2, 0.25) is 0 Å². The smallest absolute Gasteiger partial charge is 0.329 e. The van der Waals surface area contributed by atoms with Gasteiger partial charge in [-0.1, -0.05) is 0 Å². The van der Waals surface area contributed by atoms with Gasteiger partial charge >= 0.3 is 5.97 Å². The summed E-state index contributed by atoms with van der Waals surface area (Å²) in [6.07, 6.45) is 3.94. The molecule has 1 saturated carbocycles. The van der Waals surface area contributed by atoms with Gasteiger partial charge in [0.25, 0.3) is 0 Å². The van der Waals surface area contributed by atoms with Crippen LogP contribution in [0.3, 0.4) is 0 Å². The number of carbonyl (C=O) groups excluding carboxylic acids is 1. The molecule has 0 unspecified atom stereocenters. The van der Waals surface area contributed by atoms with E-state index in [1.54, 1.807) is 11.3 Å². The number of nitrogens with one attached hydrogen (secondary N) is 1. The molecule has 0 atom stereocenters. The molecule has 1 aromatic heterocycles. The summed E-state index contributed by atoms with van der Waals surface area (Å²) in [5.74, 6) is -1.06. The lowest BCUT2D eigenvalue weighted by Gasteiger charge is -2.38. The third-order valence-electron chi connectivity index (χ3n) is 3.45. The maximum absolute atomic E-state index is 11.8. The van der Waals surface area contributed by atoms with Crippen molar-refractivity contribution >= 4 is 39.1 Å². The Kier molecular flexibility index (Phi) is 4.62. The largest absolute Gasteiger partial charge is 0.480 e. The molecule has 2 N–H and O–H groups in total. The Balaban J connectivity index is 1.74. The maximum Gasteiger partial charge on any atom is 0.329 e. The number of hydrogen-bond donors (Lipinski definition) is 2. The van der Waals surface area contributed by atoms with Crippen LogP contribution >= 0.6 is 27.3 Å². The first-order valence-corrected chi connectivity index (χ1v) is 7.91. The minimum absolute atomic E-state index is 0.155. The van der Waals surface area contributed by atoms with Crippen LogP contribution in [0.1, 0.15) is 37.0 Å². The van der Waals surface area contributed by atoms with E-state index < -0.39 is 11.5 Å². The number of hydrogen-bond acceptors (Lipinski definition) is 3. The first-order chi connectivity index (χ1) is 9.02. The lowest BCUT2D eigenvalue weighted by molar-refractivity contribution is -0.151. The predicted octanol–water partition coefficient (Wildman–Crippen LogP) is 2.96. The van der Waals surface area contributed by atoms with Crippen molar-refractivity contribution in [2.45, 2.75) is 44.1 Å². The highest BCUT2D eigenvalue weighted by Crippen LogP contribution is 2.32. The third-order valence-corrected chi connectivity index (χ3v) is 5.13. The molecule has 2 rings (SSSR count). The molecule has 0 aromatic carbocycles. The molecule has 1 aliphatic carbocycles. The number of rotatable bonds is 6. The van der Waals surface area contributed by atoms with E-state index in [2.05, 4.69) is 21.2 Å². The number of aryl methyl sites for hydroxylation is 1. The highest BCUT2D eigenvalue weighted by atomic mass is 79.9. The standard InChI is InChI=1S/C13H16BrNO3S/c14-10-6-5-9(19-10)3-1-4-11(16)15-13(12(17)18)7-2-8-13/h5-6H,1-4,7-8H2,(H,15,16)(H,17,18). The molecule has 19 heavy (non-hydrogen) atoms. The van der Waals surface area contributed by atoms with Gasteiger partial charge < -0.3 is 10.4 Å². The molecule has 1 heterocycles. The van der Waals surface area contributed by atoms with Gasteiger partial charge in [0.2, 0.25) is 5.91 Å². The zero-order valence-corrected chi connectivity index (χ0v) is 12.8. The number of amides is 1. The van der Waals surface area contributed by atoms with Crippen LogP contribution in [-0.2, 0) is 16.0 Å². The number of thiophene rings is 1. The summed E-state index contributed by atoms with van der Waals surface area (Å²) in [6, 6.07) is 4.03. The molecule has 0 bridgehead atoms. The van der Waals surface area contributed by atoms with Gasteiger partial charge in [0.15, 0.2) is 0 Å². The number of aliphatic carboxylic acids is 1. The summed E-state index contributed by atoms with van der Waals surface area (Å²) in [5.41, 5.74) is -0.983. The molecule has 0 aliphatic heterocycles. The quantitative estimate of drug-likeness (QED) is 0.832. The second kappa shape index (κ2) is 6.05. The van der Waals surface area contributed by atoms with E-state index in [4.69, 9.17) is 5.11 Å². The Morgan fingerprint density at radius 1 is 1.42 bits per heavy atom. The SMILES string of the molecule is O=C(CCCc1ccc(Br)s1)NC1(C(=O)O)CCC1. The van der Waals surface area contributed by atoms with E-state index in [0.29, 0.717) is 19.3 Å². The van der Waals surface area contributed by atoms with E-state index in [1.165, 1.54) is 4.88 Å². The highest BCUT2D eigenvalue weighted by molar-refractivity contribution is 9.11. The summed E-state index contributed by atoms with van der Waals surface area (Å²) in [7, 11) is 0. The monoisotopic (exact) mass is 345 g/mol. The Morgan fingerprint density at radius 2 is 2.16 bits per heavy atom. The van der Waals surface area contributed by atoms with Gasteiger partial charge in [-0.3, -0.25) is 4.79 Å². The van der Waals surface area contributed by atoms with Crippen molar-refractivity contribution < 1.29 is 14.7 Å². The van der Waals surface area contributed by atoms with E-state index >= 15 is 0 Å². The van der Waals surface area contributed by atoms with Crippen LogP contribution in [0.5, 0.6) is 0 Å². The molecular formula is C13H16BrNO3S. The molecule has 1 aromatic rings. The van der Waals surface area contributed by atoms with Crippen molar-refractivity contribution in [1.29, 1.82) is 0 Å². The first-order valence-electron chi connectivity index (χ1n) is 6.30. The zero-order valence-electron chi connectivity index (χ0n) is 10.4. The summed E-state index contributed by atoms with van der Waals surface area (Å²) in [4.78, 5) is 24.1. The second-order valence-corrected chi connectivity index (χ2v) is 7.40. The maximum atomic E-state index is 11.8. The zero-order chi connectivity index (χ0) is 13.9. The van der Waals surface area contributed by atoms with E-state index in [0.717, 1.165) is 23.0 Å². The minimum Gasteiger partial charge on any atom is -0.480 e. The van der Waals surface area contributed by atoms with Crippen molar-refractivity contribution in [3.8, 4) is 0 Å². The molecule has 1 aliphatic rings. The van der Waals surface area contributed by atoms with Gasteiger partial charge in [0, 0.05) is 11.3 Å². The third kappa shape index (κ3) is 3.57. The van der Waals surface area contributed by atoms with Crippen molar-refractivity contribution in [2.24, 2.45) is 0 Å². The van der Waals surface area contributed by atoms with Crippen LogP contribution < -0.4 is 5.32 Å². The average Bonchev–Trinajstić information content (AvgIpc) is 2.69. The summed E-state index contributed by atoms with van der Waals surface area (Å²) < 4.78 is 1.09. The molecule has 0 saturated heterocycles. The fraction of sp³-hybridized carbons (Fsp3) is 0.538. The molecule has 1 amide bonds. The topological polar surface area (TPSA) is 66.4 Å². The van der Waals surface area contributed by atoms with E-state index in [1.807, 2.05) is 12.1 Å². The van der Waals surface area contributed by atoms with Crippen LogP contribution in [-0.4, -0.2) is 22.5 Å². The molecule has 6 heteroatoms. The van der Waals surface area contributed by atoms with Crippen LogP contribution in [0.4, 0.5) is 0 Å². The Morgan fingerprint density at radius 3 is 2.63 bits per heavy atom. The molecule has 104 valence electrons. The van der Waals surface area contributed by atoms with E-state index in [9.17, 15) is 9.59 Å². The Bertz CT molecular complexity index is 482. The summed E-state index contributed by atoms with van der Waals surface area (Å²) in [5, 5.41) is 11.8. The van der Waals surface area contributed by atoms with Crippen LogP contribution in [0, 0.1) is 0 Å². The fourth-order valence-corrected chi connectivity index (χ4v) is 3.69. The second-order valence-electron chi connectivity index (χ2n) is 4.85. The van der Waals surface area contributed by atoms with E-state index in [-0.39, 0.29) is 5.91 Å². The van der Waals surface area contributed by atoms with Crippen molar-refractivity contribution in [3.63, 3.8) is 0 Å². The van der Waals surface area contributed by atoms with Crippen LogP contribution in [0.15, 0.2) is 15.9 Å². The predicted molar refractivity (Wildman–Crippen MR) is 77.3 cm³/mol. The molecule has 0 radical (unpaired) electrons. The van der Waals surface area contributed by atoms with Crippen molar-refractivity contribution in [2.75, 3.05) is 0 Å². The number of halogens is 1. The molecule has 4 nitrogen and oxygen atoms in total. The number of carboxylic acids is 1. The average molecular weight is 346 g/mol. The van der Waals surface area contributed by atoms with Gasteiger partial charge in [0.1, 0.15) is 5.54 Å². The Hall–Kier alpha value is -0.880. The van der Waals surface area contributed by atoms with Gasteiger partial charge in [-0.25, -0.2) is 4.79 Å². The van der Waals surface area contributed by atoms with Gasteiger partial charge in [-0.2, -0.15) is 0 Å². The number of carbonyl (C=O) groups is 2. The normalized spacial score (nSPS) is 16.7. The van der Waals surface area contributed by atoms with Crippen molar-refractivity contribution in [3.05, 3.63) is 20.8 Å². The Labute approximate surface area is 124 Å². The molecule has 0 spiro atoms. The first kappa shape index (κ1) is 14.5. The lowest BCUT2D eigenvalue weighted by atomic mass is 9.76. The molecular weight excluding hydrogens is 330 g/mol. The van der Waals surface area contributed by atoms with Crippen LogP contribution in [0.25, 0.3) is 0 Å². The fourth-order valence-electron chi connectivity index (χ4n) is 2.16. The van der Waals surface area contributed by atoms with Gasteiger partial charge in [-0.05, 0) is 60.2 Å². The van der Waals surface area contributed by atoms with Gasteiger partial charge in [0.05, 0.1) is 3.79 Å². The summed E-state index contributed by atoms with van der Waals surface area (Å²) in [6.45, 7) is 0.